The van der Waals surface area contributed by atoms with Gasteiger partial charge in [0.15, 0.2) is 0 Å². The molecule has 1 heterocycles. The predicted octanol–water partition coefficient (Wildman–Crippen LogP) is 4.25. The minimum Gasteiger partial charge on any atom is -0.491 e. The molecule has 1 aromatic rings. The summed E-state index contributed by atoms with van der Waals surface area (Å²) < 4.78 is 5.69. The summed E-state index contributed by atoms with van der Waals surface area (Å²) in [5.41, 5.74) is 0.723. The van der Waals surface area contributed by atoms with Crippen molar-refractivity contribution >= 4 is 21.8 Å². The normalized spacial score (nSPS) is 19.4. The highest BCUT2D eigenvalue weighted by molar-refractivity contribution is 9.09. The Bertz CT molecular complexity index is 476. The largest absolute Gasteiger partial charge is 0.491 e. The summed E-state index contributed by atoms with van der Waals surface area (Å²) in [6.07, 6.45) is 4.71. The monoisotopic (exact) mass is 353 g/mol. The highest BCUT2D eigenvalue weighted by Crippen LogP contribution is 2.22. The lowest BCUT2D eigenvalue weighted by atomic mass is 10.1. The van der Waals surface area contributed by atoms with E-state index in [-0.39, 0.29) is 12.0 Å². The maximum atomic E-state index is 12.8. The van der Waals surface area contributed by atoms with E-state index >= 15 is 0 Å². The Balaban J connectivity index is 2.17. The van der Waals surface area contributed by atoms with Gasteiger partial charge < -0.3 is 9.64 Å². The standard InChI is InChI=1S/C17H24BrNO2/c1-13(2)21-16-9-6-7-14(11-16)17(20)19-10-5-3-4-8-15(19)12-18/h6-7,9,11,13,15H,3-5,8,10,12H2,1-2H3. The van der Waals surface area contributed by atoms with Gasteiger partial charge in [-0.3, -0.25) is 4.79 Å². The van der Waals surface area contributed by atoms with E-state index in [0.717, 1.165) is 36.0 Å². The smallest absolute Gasteiger partial charge is 0.254 e. The first-order chi connectivity index (χ1) is 10.1. The Morgan fingerprint density at radius 2 is 2.19 bits per heavy atom. The van der Waals surface area contributed by atoms with E-state index in [1.54, 1.807) is 0 Å². The van der Waals surface area contributed by atoms with Gasteiger partial charge in [0.05, 0.1) is 6.10 Å². The van der Waals surface area contributed by atoms with Crippen LogP contribution in [0.1, 0.15) is 49.9 Å². The van der Waals surface area contributed by atoms with Crippen molar-refractivity contribution in [2.75, 3.05) is 11.9 Å². The van der Waals surface area contributed by atoms with E-state index in [9.17, 15) is 4.79 Å². The van der Waals surface area contributed by atoms with E-state index in [4.69, 9.17) is 4.74 Å². The first-order valence-corrected chi connectivity index (χ1v) is 8.87. The molecule has 2 rings (SSSR count). The van der Waals surface area contributed by atoms with Crippen LogP contribution >= 0.6 is 15.9 Å². The Hall–Kier alpha value is -1.03. The lowest BCUT2D eigenvalue weighted by molar-refractivity contribution is 0.0701. The van der Waals surface area contributed by atoms with E-state index < -0.39 is 0 Å². The highest BCUT2D eigenvalue weighted by Gasteiger charge is 2.25. The van der Waals surface area contributed by atoms with Crippen LogP contribution in [0.15, 0.2) is 24.3 Å². The average Bonchev–Trinajstić information content (AvgIpc) is 2.71. The third kappa shape index (κ3) is 4.47. The van der Waals surface area contributed by atoms with Gasteiger partial charge in [-0.05, 0) is 44.9 Å². The second-order valence-electron chi connectivity index (χ2n) is 5.85. The maximum absolute atomic E-state index is 12.8. The lowest BCUT2D eigenvalue weighted by Crippen LogP contribution is -2.41. The van der Waals surface area contributed by atoms with E-state index in [1.165, 1.54) is 12.8 Å². The lowest BCUT2D eigenvalue weighted by Gasteiger charge is -2.29. The zero-order valence-corrected chi connectivity index (χ0v) is 14.4. The third-order valence-corrected chi connectivity index (χ3v) is 4.52. The number of likely N-dealkylation sites (tertiary alicyclic amines) is 1. The molecule has 1 fully saturated rings. The Morgan fingerprint density at radius 1 is 1.38 bits per heavy atom. The van der Waals surface area contributed by atoms with Crippen LogP contribution in [-0.2, 0) is 0 Å². The number of hydrogen-bond acceptors (Lipinski definition) is 2. The van der Waals surface area contributed by atoms with E-state index in [2.05, 4.69) is 15.9 Å². The summed E-state index contributed by atoms with van der Waals surface area (Å²) in [5.74, 6) is 0.886. The number of hydrogen-bond donors (Lipinski definition) is 0. The molecule has 3 nitrogen and oxygen atoms in total. The van der Waals surface area contributed by atoms with E-state index in [1.807, 2.05) is 43.0 Å². The third-order valence-electron chi connectivity index (χ3n) is 3.77. The first kappa shape index (κ1) is 16.3. The summed E-state index contributed by atoms with van der Waals surface area (Å²) in [4.78, 5) is 14.8. The molecule has 1 amide bonds. The van der Waals surface area contributed by atoms with Gasteiger partial charge in [-0.25, -0.2) is 0 Å². The quantitative estimate of drug-likeness (QED) is 0.757. The van der Waals surface area contributed by atoms with Crippen LogP contribution < -0.4 is 4.74 Å². The van der Waals surface area contributed by atoms with Crippen molar-refractivity contribution in [3.05, 3.63) is 29.8 Å². The van der Waals surface area contributed by atoms with Gasteiger partial charge in [-0.1, -0.05) is 34.8 Å². The molecule has 4 heteroatoms. The Labute approximate surface area is 135 Å². The minimum absolute atomic E-state index is 0.115. The molecule has 1 atom stereocenters. The van der Waals surface area contributed by atoms with Crippen molar-refractivity contribution in [3.63, 3.8) is 0 Å². The van der Waals surface area contributed by atoms with Crippen LogP contribution in [0.4, 0.5) is 0 Å². The number of carbonyl (C=O) groups excluding carboxylic acids is 1. The minimum atomic E-state index is 0.115. The molecule has 0 aromatic heterocycles. The van der Waals surface area contributed by atoms with Crippen molar-refractivity contribution in [2.45, 2.75) is 51.7 Å². The fourth-order valence-electron chi connectivity index (χ4n) is 2.75. The number of benzene rings is 1. The fourth-order valence-corrected chi connectivity index (χ4v) is 3.42. The number of halogens is 1. The zero-order valence-electron chi connectivity index (χ0n) is 12.8. The number of amides is 1. The molecule has 1 aromatic carbocycles. The molecule has 0 bridgehead atoms. The summed E-state index contributed by atoms with van der Waals surface area (Å²) in [6.45, 7) is 4.83. The number of ether oxygens (including phenoxy) is 1. The van der Waals surface area contributed by atoms with Crippen molar-refractivity contribution in [3.8, 4) is 5.75 Å². The summed E-state index contributed by atoms with van der Waals surface area (Å²) in [5, 5.41) is 0.848. The van der Waals surface area contributed by atoms with Gasteiger partial charge in [0.2, 0.25) is 0 Å². The van der Waals surface area contributed by atoms with Crippen molar-refractivity contribution in [2.24, 2.45) is 0 Å². The summed E-state index contributed by atoms with van der Waals surface area (Å²) in [7, 11) is 0. The first-order valence-electron chi connectivity index (χ1n) is 7.75. The van der Waals surface area contributed by atoms with Crippen LogP contribution in [0.25, 0.3) is 0 Å². The van der Waals surface area contributed by atoms with Gasteiger partial charge in [0.1, 0.15) is 5.75 Å². The average molecular weight is 354 g/mol. The molecule has 116 valence electrons. The highest BCUT2D eigenvalue weighted by atomic mass is 79.9. The Kier molecular flexibility index (Phi) is 6.09. The van der Waals surface area contributed by atoms with E-state index in [0.29, 0.717) is 6.04 Å². The zero-order chi connectivity index (χ0) is 15.2. The molecule has 1 aliphatic heterocycles. The van der Waals surface area contributed by atoms with Crippen LogP contribution in [-0.4, -0.2) is 34.8 Å². The molecule has 1 saturated heterocycles. The number of nitrogens with zero attached hydrogens (tertiary/aromatic N) is 1. The number of alkyl halides is 1. The van der Waals surface area contributed by atoms with Gasteiger partial charge in [0.25, 0.3) is 5.91 Å². The predicted molar refractivity (Wildman–Crippen MR) is 89.3 cm³/mol. The molecule has 1 aliphatic rings. The fraction of sp³-hybridized carbons (Fsp3) is 0.588. The van der Waals surface area contributed by atoms with Crippen molar-refractivity contribution < 1.29 is 9.53 Å². The maximum Gasteiger partial charge on any atom is 0.254 e. The molecule has 0 spiro atoms. The SMILES string of the molecule is CC(C)Oc1cccc(C(=O)N2CCCCCC2CBr)c1. The molecular weight excluding hydrogens is 330 g/mol. The second-order valence-corrected chi connectivity index (χ2v) is 6.50. The molecule has 1 unspecified atom stereocenters. The Morgan fingerprint density at radius 3 is 2.90 bits per heavy atom. The van der Waals surface area contributed by atoms with Gasteiger partial charge in [0, 0.05) is 23.5 Å². The van der Waals surface area contributed by atoms with Crippen LogP contribution in [0.3, 0.4) is 0 Å². The number of rotatable bonds is 4. The van der Waals surface area contributed by atoms with Crippen molar-refractivity contribution in [1.29, 1.82) is 0 Å². The summed E-state index contributed by atoms with van der Waals surface area (Å²) in [6, 6.07) is 7.84. The van der Waals surface area contributed by atoms with Gasteiger partial charge in [-0.2, -0.15) is 0 Å². The van der Waals surface area contributed by atoms with Crippen LogP contribution in [0.2, 0.25) is 0 Å². The topological polar surface area (TPSA) is 29.5 Å². The van der Waals surface area contributed by atoms with Gasteiger partial charge in [-0.15, -0.1) is 0 Å². The molecule has 0 radical (unpaired) electrons. The molecule has 0 aliphatic carbocycles. The van der Waals surface area contributed by atoms with Crippen LogP contribution in [0.5, 0.6) is 5.75 Å². The van der Waals surface area contributed by atoms with Crippen molar-refractivity contribution in [1.82, 2.24) is 4.90 Å². The van der Waals surface area contributed by atoms with Crippen LogP contribution in [0, 0.1) is 0 Å². The molecule has 21 heavy (non-hydrogen) atoms. The molecule has 0 saturated carbocycles. The molecular formula is C17H24BrNO2. The molecule has 0 N–H and O–H groups in total. The number of carbonyl (C=O) groups is 1. The van der Waals surface area contributed by atoms with Gasteiger partial charge >= 0.3 is 0 Å². The summed E-state index contributed by atoms with van der Waals surface area (Å²) >= 11 is 3.56. The second kappa shape index (κ2) is 7.83.